The molecule has 8 nitrogen and oxygen atoms in total. The molecule has 2 rings (SSSR count). The summed E-state index contributed by atoms with van der Waals surface area (Å²) in [6.07, 6.45) is 1.53. The number of carbonyl (C=O) groups excluding carboxylic acids is 2. The monoisotopic (exact) mass is 316 g/mol. The van der Waals surface area contributed by atoms with Gasteiger partial charge >= 0.3 is 6.03 Å². The predicted molar refractivity (Wildman–Crippen MR) is 86.0 cm³/mol. The summed E-state index contributed by atoms with van der Waals surface area (Å²) in [5.41, 5.74) is 8.60. The summed E-state index contributed by atoms with van der Waals surface area (Å²) in [5, 5.41) is 6.86. The Kier molecular flexibility index (Phi) is 4.63. The first-order chi connectivity index (χ1) is 10.8. The Hall–Kier alpha value is -2.90. The van der Waals surface area contributed by atoms with E-state index in [0.29, 0.717) is 28.3 Å². The number of carbonyl (C=O) groups is 2. The van der Waals surface area contributed by atoms with Crippen LogP contribution in [0.15, 0.2) is 18.3 Å². The van der Waals surface area contributed by atoms with Crippen molar-refractivity contribution in [2.24, 2.45) is 0 Å². The summed E-state index contributed by atoms with van der Waals surface area (Å²) in [5.74, 6) is -0.287. The highest BCUT2D eigenvalue weighted by Gasteiger charge is 2.17. The molecule has 0 unspecified atom stereocenters. The normalized spacial score (nSPS) is 10.4. The number of nitrogen functional groups attached to an aromatic ring is 1. The molecule has 0 aromatic carbocycles. The number of nitrogens with two attached hydrogens (primary N) is 1. The molecule has 2 aromatic rings. The molecule has 0 saturated carbocycles. The number of pyridine rings is 1. The molecular formula is C15H20N6O2. The average molecular weight is 316 g/mol. The molecule has 0 aliphatic heterocycles. The largest absolute Gasteiger partial charge is 0.396 e. The van der Waals surface area contributed by atoms with Crippen molar-refractivity contribution in [3.05, 3.63) is 41.0 Å². The van der Waals surface area contributed by atoms with Crippen LogP contribution in [0.2, 0.25) is 0 Å². The number of anilines is 1. The number of nitrogens with zero attached hydrogens (tertiary/aromatic N) is 4. The van der Waals surface area contributed by atoms with Crippen molar-refractivity contribution in [1.82, 2.24) is 25.0 Å². The highest BCUT2D eigenvalue weighted by Crippen LogP contribution is 2.16. The van der Waals surface area contributed by atoms with Crippen LogP contribution < -0.4 is 11.1 Å². The van der Waals surface area contributed by atoms with E-state index in [2.05, 4.69) is 15.4 Å². The van der Waals surface area contributed by atoms with Crippen LogP contribution >= 0.6 is 0 Å². The van der Waals surface area contributed by atoms with Gasteiger partial charge in [0.25, 0.3) is 5.91 Å². The summed E-state index contributed by atoms with van der Waals surface area (Å²) in [7, 11) is 3.30. The number of urea groups is 1. The molecule has 0 spiro atoms. The lowest BCUT2D eigenvalue weighted by Crippen LogP contribution is -2.34. The molecule has 23 heavy (non-hydrogen) atoms. The number of hydrogen-bond donors (Lipinski definition) is 2. The minimum atomic E-state index is -0.287. The van der Waals surface area contributed by atoms with Gasteiger partial charge in [0.05, 0.1) is 29.3 Å². The van der Waals surface area contributed by atoms with Gasteiger partial charge in [-0.15, -0.1) is 0 Å². The van der Waals surface area contributed by atoms with E-state index in [1.807, 2.05) is 0 Å². The SMILES string of the molecule is Cc1nn(C(=O)c2ccnc(CNC(=O)N(C)C)c2)c(C)c1N. The van der Waals surface area contributed by atoms with E-state index in [1.165, 1.54) is 15.8 Å². The molecule has 2 heterocycles. The number of aryl methyl sites for hydroxylation is 1. The molecule has 0 radical (unpaired) electrons. The molecule has 3 N–H and O–H groups in total. The second kappa shape index (κ2) is 6.47. The van der Waals surface area contributed by atoms with E-state index in [9.17, 15) is 9.59 Å². The van der Waals surface area contributed by atoms with Gasteiger partial charge in [-0.2, -0.15) is 9.78 Å². The van der Waals surface area contributed by atoms with E-state index in [0.717, 1.165) is 0 Å². The lowest BCUT2D eigenvalue weighted by atomic mass is 10.2. The molecule has 0 fully saturated rings. The fourth-order valence-corrected chi connectivity index (χ4v) is 2.01. The maximum absolute atomic E-state index is 12.6. The first kappa shape index (κ1) is 16.5. The topological polar surface area (TPSA) is 106 Å². The van der Waals surface area contributed by atoms with Gasteiger partial charge in [-0.25, -0.2) is 4.79 Å². The van der Waals surface area contributed by atoms with Crippen molar-refractivity contribution in [3.63, 3.8) is 0 Å². The summed E-state index contributed by atoms with van der Waals surface area (Å²) in [6, 6.07) is 3.01. The molecule has 0 aliphatic carbocycles. The first-order valence-corrected chi connectivity index (χ1v) is 7.07. The van der Waals surface area contributed by atoms with Gasteiger partial charge in [-0.3, -0.25) is 9.78 Å². The molecule has 0 atom stereocenters. The third kappa shape index (κ3) is 3.47. The Morgan fingerprint density at radius 3 is 2.61 bits per heavy atom. The van der Waals surface area contributed by atoms with Gasteiger partial charge in [0.15, 0.2) is 0 Å². The van der Waals surface area contributed by atoms with E-state index in [4.69, 9.17) is 5.73 Å². The van der Waals surface area contributed by atoms with Crippen molar-refractivity contribution >= 4 is 17.6 Å². The minimum absolute atomic E-state index is 0.227. The van der Waals surface area contributed by atoms with Crippen LogP contribution in [0.25, 0.3) is 0 Å². The second-order valence-corrected chi connectivity index (χ2v) is 5.39. The number of amides is 2. The molecule has 122 valence electrons. The fraction of sp³-hybridized carbons (Fsp3) is 0.333. The van der Waals surface area contributed by atoms with Crippen molar-refractivity contribution in [2.75, 3.05) is 19.8 Å². The van der Waals surface area contributed by atoms with Gasteiger partial charge in [-0.05, 0) is 26.0 Å². The predicted octanol–water partition coefficient (Wildman–Crippen LogP) is 0.937. The summed E-state index contributed by atoms with van der Waals surface area (Å²) < 4.78 is 1.28. The lowest BCUT2D eigenvalue weighted by molar-refractivity contribution is 0.0942. The van der Waals surface area contributed by atoms with E-state index in [1.54, 1.807) is 40.1 Å². The van der Waals surface area contributed by atoms with Crippen molar-refractivity contribution in [3.8, 4) is 0 Å². The number of hydrogen-bond acceptors (Lipinski definition) is 5. The van der Waals surface area contributed by atoms with Crippen LogP contribution in [0, 0.1) is 13.8 Å². The minimum Gasteiger partial charge on any atom is -0.396 e. The smallest absolute Gasteiger partial charge is 0.317 e. The van der Waals surface area contributed by atoms with Crippen LogP contribution in [-0.4, -0.2) is 45.7 Å². The highest BCUT2D eigenvalue weighted by molar-refractivity contribution is 5.96. The van der Waals surface area contributed by atoms with Crippen LogP contribution in [0.1, 0.15) is 27.4 Å². The lowest BCUT2D eigenvalue weighted by Gasteiger charge is -2.12. The molecule has 0 saturated heterocycles. The van der Waals surface area contributed by atoms with E-state index in [-0.39, 0.29) is 18.5 Å². The fourth-order valence-electron chi connectivity index (χ4n) is 2.01. The first-order valence-electron chi connectivity index (χ1n) is 7.07. The van der Waals surface area contributed by atoms with Crippen molar-refractivity contribution in [1.29, 1.82) is 0 Å². The van der Waals surface area contributed by atoms with E-state index < -0.39 is 0 Å². The average Bonchev–Trinajstić information content (AvgIpc) is 2.79. The van der Waals surface area contributed by atoms with Crippen LogP contribution in [-0.2, 0) is 6.54 Å². The van der Waals surface area contributed by atoms with Gasteiger partial charge < -0.3 is 16.0 Å². The molecule has 2 aromatic heterocycles. The van der Waals surface area contributed by atoms with Crippen LogP contribution in [0.4, 0.5) is 10.5 Å². The zero-order chi connectivity index (χ0) is 17.1. The third-order valence-corrected chi connectivity index (χ3v) is 3.43. The number of aromatic nitrogens is 3. The second-order valence-electron chi connectivity index (χ2n) is 5.39. The quantitative estimate of drug-likeness (QED) is 0.876. The third-order valence-electron chi connectivity index (χ3n) is 3.43. The van der Waals surface area contributed by atoms with E-state index >= 15 is 0 Å². The molecule has 0 bridgehead atoms. The molecule has 0 aliphatic rings. The van der Waals surface area contributed by atoms with Crippen LogP contribution in [0.3, 0.4) is 0 Å². The summed E-state index contributed by atoms with van der Waals surface area (Å²) in [6.45, 7) is 3.73. The summed E-state index contributed by atoms with van der Waals surface area (Å²) >= 11 is 0. The molecule has 8 heteroatoms. The highest BCUT2D eigenvalue weighted by atomic mass is 16.2. The Morgan fingerprint density at radius 1 is 1.35 bits per heavy atom. The van der Waals surface area contributed by atoms with Crippen LogP contribution in [0.5, 0.6) is 0 Å². The van der Waals surface area contributed by atoms with Gasteiger partial charge in [0, 0.05) is 25.9 Å². The number of rotatable bonds is 3. The van der Waals surface area contributed by atoms with Gasteiger partial charge in [0.1, 0.15) is 0 Å². The maximum atomic E-state index is 12.6. The Labute approximate surface area is 134 Å². The van der Waals surface area contributed by atoms with Gasteiger partial charge in [-0.1, -0.05) is 0 Å². The van der Waals surface area contributed by atoms with Crippen molar-refractivity contribution in [2.45, 2.75) is 20.4 Å². The maximum Gasteiger partial charge on any atom is 0.317 e. The zero-order valence-electron chi connectivity index (χ0n) is 13.6. The molecular weight excluding hydrogens is 296 g/mol. The van der Waals surface area contributed by atoms with Gasteiger partial charge in [0.2, 0.25) is 0 Å². The summed E-state index contributed by atoms with van der Waals surface area (Å²) in [4.78, 5) is 29.7. The Balaban J connectivity index is 2.20. The Bertz CT molecular complexity index is 750. The Morgan fingerprint density at radius 2 is 2.04 bits per heavy atom. The molecule has 2 amide bonds. The zero-order valence-corrected chi connectivity index (χ0v) is 13.6. The standard InChI is InChI=1S/C15H20N6O2/c1-9-13(16)10(2)21(19-9)14(22)11-5-6-17-12(7-11)8-18-15(23)20(3)4/h5-7H,8,16H2,1-4H3,(H,18,23). The number of nitrogens with one attached hydrogen (secondary N) is 1. The van der Waals surface area contributed by atoms with Crippen molar-refractivity contribution < 1.29 is 9.59 Å².